The van der Waals surface area contributed by atoms with E-state index in [9.17, 15) is 0 Å². The monoisotopic (exact) mass is 184 g/mol. The molecule has 1 rings (SSSR count). The summed E-state index contributed by atoms with van der Waals surface area (Å²) >= 11 is 0. The molecule has 0 fully saturated rings. The van der Waals surface area contributed by atoms with Gasteiger partial charge in [-0.05, 0) is 0 Å². The average Bonchev–Trinajstić information content (AvgIpc) is 1.93. The van der Waals surface area contributed by atoms with Crippen molar-refractivity contribution < 1.29 is 19.5 Å². The minimum Gasteiger partial charge on any atom is -0.335 e. The molecule has 0 N–H and O–H groups in total. The van der Waals surface area contributed by atoms with Gasteiger partial charge in [0.1, 0.15) is 0 Å². The fraction of sp³-hybridized carbons (Fsp3) is 0.222. The quantitative estimate of drug-likeness (QED) is 0.431. The summed E-state index contributed by atoms with van der Waals surface area (Å²) in [4.78, 5) is 0. The van der Waals surface area contributed by atoms with Gasteiger partial charge in [0.25, 0.3) is 0 Å². The van der Waals surface area contributed by atoms with Crippen molar-refractivity contribution in [2.45, 2.75) is 13.8 Å². The summed E-state index contributed by atoms with van der Waals surface area (Å²) in [5.41, 5.74) is 0. The standard InChI is InChI=1S/C6H5.C3H7.Zn/c1-2-4-6-5-3-1;1-3-2;/h1-5H;3H,1-2H3;/q2*-1;+2. The molecule has 1 aromatic rings. The molecule has 0 aliphatic heterocycles. The molecule has 50 valence electrons. The minimum absolute atomic E-state index is 0. The van der Waals surface area contributed by atoms with Crippen LogP contribution in [0.25, 0.3) is 0 Å². The molecule has 1 aromatic carbocycles. The van der Waals surface area contributed by atoms with Gasteiger partial charge >= 0.3 is 19.5 Å². The van der Waals surface area contributed by atoms with Crippen LogP contribution in [0.4, 0.5) is 0 Å². The molecule has 0 saturated carbocycles. The second kappa shape index (κ2) is 11.6. The Morgan fingerprint density at radius 1 is 1.00 bits per heavy atom. The van der Waals surface area contributed by atoms with Crippen LogP contribution in [0.15, 0.2) is 30.3 Å². The average molecular weight is 186 g/mol. The third kappa shape index (κ3) is 10.8. The van der Waals surface area contributed by atoms with Crippen LogP contribution in [0.2, 0.25) is 0 Å². The number of hydrogen-bond acceptors (Lipinski definition) is 0. The molecule has 0 unspecified atom stereocenters. The molecule has 0 radical (unpaired) electrons. The van der Waals surface area contributed by atoms with Gasteiger partial charge in [-0.25, -0.2) is 0 Å². The number of benzene rings is 1. The molecule has 0 amide bonds. The van der Waals surface area contributed by atoms with Gasteiger partial charge in [-0.2, -0.15) is 50.2 Å². The van der Waals surface area contributed by atoms with Gasteiger partial charge in [0.05, 0.1) is 0 Å². The van der Waals surface area contributed by atoms with E-state index in [1.165, 1.54) is 0 Å². The zero-order valence-electron chi connectivity index (χ0n) is 6.67. The van der Waals surface area contributed by atoms with Crippen LogP contribution >= 0.6 is 0 Å². The maximum atomic E-state index is 2.89. The topological polar surface area (TPSA) is 0 Å². The van der Waals surface area contributed by atoms with Crippen molar-refractivity contribution >= 4 is 0 Å². The normalized spacial score (nSPS) is 6.60. The van der Waals surface area contributed by atoms with Crippen molar-refractivity contribution in [1.29, 1.82) is 0 Å². The summed E-state index contributed by atoms with van der Waals surface area (Å²) in [6.07, 6.45) is 2.00. The van der Waals surface area contributed by atoms with Gasteiger partial charge < -0.3 is 6.42 Å². The molecule has 0 nitrogen and oxygen atoms in total. The third-order valence-electron chi connectivity index (χ3n) is 0.607. The Morgan fingerprint density at radius 3 is 1.50 bits per heavy atom. The van der Waals surface area contributed by atoms with Crippen molar-refractivity contribution in [3.05, 3.63) is 42.8 Å². The van der Waals surface area contributed by atoms with E-state index in [1.807, 2.05) is 50.6 Å². The summed E-state index contributed by atoms with van der Waals surface area (Å²) in [6.45, 7) is 4.00. The summed E-state index contributed by atoms with van der Waals surface area (Å²) in [7, 11) is 0. The van der Waals surface area contributed by atoms with E-state index >= 15 is 0 Å². The Balaban J connectivity index is 0. The molecular formula is C9H12Zn. The first-order chi connectivity index (χ1) is 4.41. The Hall–Kier alpha value is -0.157. The zero-order chi connectivity index (χ0) is 6.95. The minimum atomic E-state index is 0. The Labute approximate surface area is 76.4 Å². The van der Waals surface area contributed by atoms with E-state index < -0.39 is 0 Å². The Kier molecular flexibility index (Phi) is 14.5. The smallest absolute Gasteiger partial charge is 0.335 e. The zero-order valence-corrected chi connectivity index (χ0v) is 9.64. The van der Waals surface area contributed by atoms with Crippen molar-refractivity contribution in [2.24, 2.45) is 0 Å². The van der Waals surface area contributed by atoms with Gasteiger partial charge in [-0.3, -0.25) is 0 Å². The number of rotatable bonds is 0. The van der Waals surface area contributed by atoms with E-state index in [-0.39, 0.29) is 19.5 Å². The fourth-order valence-corrected chi connectivity index (χ4v) is 0.342. The van der Waals surface area contributed by atoms with Crippen LogP contribution < -0.4 is 0 Å². The molecule has 10 heavy (non-hydrogen) atoms. The maximum absolute atomic E-state index is 2.89. The Bertz CT molecular complexity index is 87.6. The predicted molar refractivity (Wildman–Crippen MR) is 40.9 cm³/mol. The molecule has 0 aliphatic carbocycles. The van der Waals surface area contributed by atoms with Gasteiger partial charge in [0, 0.05) is 0 Å². The van der Waals surface area contributed by atoms with Crippen LogP contribution in [0.5, 0.6) is 0 Å². The molecule has 0 spiro atoms. The predicted octanol–water partition coefficient (Wildman–Crippen LogP) is 2.71. The largest absolute Gasteiger partial charge is 2.00 e. The first kappa shape index (κ1) is 12.5. The first-order valence-corrected chi connectivity index (χ1v) is 3.07. The summed E-state index contributed by atoms with van der Waals surface area (Å²) in [5, 5.41) is 0. The SMILES string of the molecule is C[CH-]C.[Zn+2].[c-]1ccccc1. The third-order valence-corrected chi connectivity index (χ3v) is 0.607. The second-order valence-corrected chi connectivity index (χ2v) is 1.65. The fourth-order valence-electron chi connectivity index (χ4n) is 0.342. The van der Waals surface area contributed by atoms with Crippen LogP contribution in [-0.2, 0) is 19.5 Å². The van der Waals surface area contributed by atoms with Gasteiger partial charge in [0.15, 0.2) is 0 Å². The van der Waals surface area contributed by atoms with E-state index in [2.05, 4.69) is 6.07 Å². The molecule has 0 atom stereocenters. The van der Waals surface area contributed by atoms with Crippen molar-refractivity contribution in [2.75, 3.05) is 0 Å². The molecule has 0 bridgehead atoms. The van der Waals surface area contributed by atoms with Crippen LogP contribution in [0.1, 0.15) is 13.8 Å². The van der Waals surface area contributed by atoms with Gasteiger partial charge in [-0.1, -0.05) is 0 Å². The first-order valence-electron chi connectivity index (χ1n) is 3.07. The van der Waals surface area contributed by atoms with Crippen LogP contribution in [0, 0.1) is 12.5 Å². The van der Waals surface area contributed by atoms with Crippen LogP contribution in [0.3, 0.4) is 0 Å². The van der Waals surface area contributed by atoms with E-state index in [1.54, 1.807) is 0 Å². The van der Waals surface area contributed by atoms with Crippen LogP contribution in [-0.4, -0.2) is 0 Å². The molecule has 0 aliphatic rings. The summed E-state index contributed by atoms with van der Waals surface area (Å²) < 4.78 is 0. The van der Waals surface area contributed by atoms with Crippen molar-refractivity contribution in [3.63, 3.8) is 0 Å². The molecule has 0 saturated heterocycles. The Morgan fingerprint density at radius 2 is 1.40 bits per heavy atom. The van der Waals surface area contributed by atoms with Gasteiger partial charge in [0.2, 0.25) is 0 Å². The van der Waals surface area contributed by atoms with Crippen molar-refractivity contribution in [3.8, 4) is 0 Å². The molecule has 1 heteroatoms. The van der Waals surface area contributed by atoms with E-state index in [4.69, 9.17) is 0 Å². The summed E-state index contributed by atoms with van der Waals surface area (Å²) in [6, 6.07) is 12.5. The van der Waals surface area contributed by atoms with Gasteiger partial charge in [-0.15, -0.1) is 0 Å². The second-order valence-electron chi connectivity index (χ2n) is 1.65. The number of hydrogen-bond donors (Lipinski definition) is 0. The molecular weight excluding hydrogens is 173 g/mol. The van der Waals surface area contributed by atoms with E-state index in [0.717, 1.165) is 0 Å². The summed E-state index contributed by atoms with van der Waals surface area (Å²) in [5.74, 6) is 0. The van der Waals surface area contributed by atoms with Crippen molar-refractivity contribution in [1.82, 2.24) is 0 Å². The van der Waals surface area contributed by atoms with E-state index in [0.29, 0.717) is 0 Å². The molecule has 0 aromatic heterocycles. The molecule has 0 heterocycles. The maximum Gasteiger partial charge on any atom is 2.00 e.